The van der Waals surface area contributed by atoms with Gasteiger partial charge in [-0.2, -0.15) is 0 Å². The Bertz CT molecular complexity index is 518. The summed E-state index contributed by atoms with van der Waals surface area (Å²) in [5.41, 5.74) is 2.73. The molecule has 1 unspecified atom stereocenters. The molecular formula is C17H22ClN3. The van der Waals surface area contributed by atoms with E-state index in [2.05, 4.69) is 51.6 Å². The van der Waals surface area contributed by atoms with E-state index in [4.69, 9.17) is 0 Å². The molecule has 1 N–H and O–H groups in total. The standard InChI is InChI=1S/C17H21N3.ClH/c1-2-6-16(7-3-1)17-14-19-10-12-20(17)11-8-15-5-4-9-18-13-15;/h1-7,9,13,17,19H,8,10-12,14H2;1H. The van der Waals surface area contributed by atoms with Crippen LogP contribution in [0.1, 0.15) is 17.2 Å². The van der Waals surface area contributed by atoms with Gasteiger partial charge in [0.15, 0.2) is 0 Å². The normalized spacial score (nSPS) is 19.0. The zero-order chi connectivity index (χ0) is 13.6. The Balaban J connectivity index is 0.00000161. The zero-order valence-electron chi connectivity index (χ0n) is 12.1. The van der Waals surface area contributed by atoms with Gasteiger partial charge in [-0.05, 0) is 23.6 Å². The third-order valence-electron chi connectivity index (χ3n) is 3.95. The van der Waals surface area contributed by atoms with Crippen LogP contribution in [0.4, 0.5) is 0 Å². The van der Waals surface area contributed by atoms with E-state index >= 15 is 0 Å². The maximum Gasteiger partial charge on any atom is 0.0473 e. The molecule has 0 radical (unpaired) electrons. The highest BCUT2D eigenvalue weighted by Crippen LogP contribution is 2.22. The summed E-state index contributed by atoms with van der Waals surface area (Å²) < 4.78 is 0. The van der Waals surface area contributed by atoms with Gasteiger partial charge in [0.25, 0.3) is 0 Å². The van der Waals surface area contributed by atoms with Gasteiger partial charge in [0.2, 0.25) is 0 Å². The maximum atomic E-state index is 4.19. The average molecular weight is 304 g/mol. The number of nitrogens with one attached hydrogen (secondary N) is 1. The second-order valence-electron chi connectivity index (χ2n) is 5.28. The second-order valence-corrected chi connectivity index (χ2v) is 5.28. The first-order valence-corrected chi connectivity index (χ1v) is 7.32. The molecule has 1 saturated heterocycles. The van der Waals surface area contributed by atoms with E-state index in [0.717, 1.165) is 32.6 Å². The van der Waals surface area contributed by atoms with Crippen LogP contribution >= 0.6 is 12.4 Å². The summed E-state index contributed by atoms with van der Waals surface area (Å²) in [4.78, 5) is 6.78. The molecule has 0 spiro atoms. The number of halogens is 1. The third-order valence-corrected chi connectivity index (χ3v) is 3.95. The van der Waals surface area contributed by atoms with Crippen molar-refractivity contribution >= 4 is 12.4 Å². The minimum atomic E-state index is 0. The highest BCUT2D eigenvalue weighted by atomic mass is 35.5. The summed E-state index contributed by atoms with van der Waals surface area (Å²) in [5.74, 6) is 0. The summed E-state index contributed by atoms with van der Waals surface area (Å²) in [7, 11) is 0. The van der Waals surface area contributed by atoms with E-state index in [0.29, 0.717) is 6.04 Å². The van der Waals surface area contributed by atoms with Crippen LogP contribution in [0.5, 0.6) is 0 Å². The van der Waals surface area contributed by atoms with Crippen LogP contribution in [0, 0.1) is 0 Å². The lowest BCUT2D eigenvalue weighted by molar-refractivity contribution is 0.164. The summed E-state index contributed by atoms with van der Waals surface area (Å²) in [5, 5.41) is 3.51. The molecule has 0 saturated carbocycles. The largest absolute Gasteiger partial charge is 0.314 e. The number of pyridine rings is 1. The maximum absolute atomic E-state index is 4.19. The number of aromatic nitrogens is 1. The molecular weight excluding hydrogens is 282 g/mol. The Morgan fingerprint density at radius 1 is 1.14 bits per heavy atom. The van der Waals surface area contributed by atoms with Crippen molar-refractivity contribution in [2.75, 3.05) is 26.2 Å². The van der Waals surface area contributed by atoms with Crippen molar-refractivity contribution in [1.82, 2.24) is 15.2 Å². The minimum absolute atomic E-state index is 0. The third kappa shape index (κ3) is 4.27. The highest BCUT2D eigenvalue weighted by molar-refractivity contribution is 5.85. The zero-order valence-corrected chi connectivity index (χ0v) is 12.9. The van der Waals surface area contributed by atoms with E-state index in [1.165, 1.54) is 11.1 Å². The fourth-order valence-corrected chi connectivity index (χ4v) is 2.84. The van der Waals surface area contributed by atoms with Crippen molar-refractivity contribution in [2.45, 2.75) is 12.5 Å². The van der Waals surface area contributed by atoms with Gasteiger partial charge in [-0.15, -0.1) is 12.4 Å². The first-order chi connectivity index (χ1) is 9.93. The predicted molar refractivity (Wildman–Crippen MR) is 88.8 cm³/mol. The average Bonchev–Trinajstić information content (AvgIpc) is 2.55. The highest BCUT2D eigenvalue weighted by Gasteiger charge is 2.22. The van der Waals surface area contributed by atoms with E-state index in [1.807, 2.05) is 18.5 Å². The van der Waals surface area contributed by atoms with Crippen LogP contribution in [-0.4, -0.2) is 36.1 Å². The molecule has 2 heterocycles. The molecule has 0 bridgehead atoms. The lowest BCUT2D eigenvalue weighted by Gasteiger charge is -2.36. The van der Waals surface area contributed by atoms with E-state index < -0.39 is 0 Å². The predicted octanol–water partition coefficient (Wildman–Crippen LogP) is 2.69. The molecule has 3 rings (SSSR count). The smallest absolute Gasteiger partial charge is 0.0473 e. The molecule has 2 aromatic rings. The lowest BCUT2D eigenvalue weighted by Crippen LogP contribution is -2.46. The first-order valence-electron chi connectivity index (χ1n) is 7.32. The van der Waals surface area contributed by atoms with Gasteiger partial charge in [0, 0.05) is 44.6 Å². The number of piperazine rings is 1. The molecule has 1 atom stereocenters. The van der Waals surface area contributed by atoms with E-state index in [9.17, 15) is 0 Å². The van der Waals surface area contributed by atoms with Gasteiger partial charge in [0.05, 0.1) is 0 Å². The van der Waals surface area contributed by atoms with Crippen LogP contribution in [0.15, 0.2) is 54.9 Å². The molecule has 21 heavy (non-hydrogen) atoms. The van der Waals surface area contributed by atoms with Crippen LogP contribution < -0.4 is 5.32 Å². The second kappa shape index (κ2) is 8.13. The van der Waals surface area contributed by atoms with Gasteiger partial charge >= 0.3 is 0 Å². The molecule has 1 aromatic heterocycles. The van der Waals surface area contributed by atoms with Gasteiger partial charge in [-0.25, -0.2) is 0 Å². The van der Waals surface area contributed by atoms with E-state index in [-0.39, 0.29) is 12.4 Å². The van der Waals surface area contributed by atoms with Gasteiger partial charge in [-0.1, -0.05) is 36.4 Å². The van der Waals surface area contributed by atoms with Crippen LogP contribution in [0.25, 0.3) is 0 Å². The van der Waals surface area contributed by atoms with E-state index in [1.54, 1.807) is 0 Å². The monoisotopic (exact) mass is 303 g/mol. The summed E-state index contributed by atoms with van der Waals surface area (Å²) >= 11 is 0. The minimum Gasteiger partial charge on any atom is -0.314 e. The number of nitrogens with zero attached hydrogens (tertiary/aromatic N) is 2. The Kier molecular flexibility index (Phi) is 6.18. The van der Waals surface area contributed by atoms with Crippen LogP contribution in [-0.2, 0) is 6.42 Å². The molecule has 4 heteroatoms. The first kappa shape index (κ1) is 16.0. The number of rotatable bonds is 4. The molecule has 0 aliphatic carbocycles. The van der Waals surface area contributed by atoms with Crippen molar-refractivity contribution in [3.8, 4) is 0 Å². The van der Waals surface area contributed by atoms with Crippen molar-refractivity contribution in [3.05, 3.63) is 66.0 Å². The van der Waals surface area contributed by atoms with Crippen molar-refractivity contribution in [1.29, 1.82) is 0 Å². The quantitative estimate of drug-likeness (QED) is 0.941. The van der Waals surface area contributed by atoms with Gasteiger partial charge in [-0.3, -0.25) is 9.88 Å². The Labute approximate surface area is 132 Å². The van der Waals surface area contributed by atoms with Gasteiger partial charge < -0.3 is 5.32 Å². The SMILES string of the molecule is Cl.c1ccc(C2CNCCN2CCc2cccnc2)cc1. The van der Waals surface area contributed by atoms with Crippen LogP contribution in [0.2, 0.25) is 0 Å². The Morgan fingerprint density at radius 2 is 2.00 bits per heavy atom. The van der Waals surface area contributed by atoms with Crippen molar-refractivity contribution in [3.63, 3.8) is 0 Å². The molecule has 112 valence electrons. The van der Waals surface area contributed by atoms with Crippen LogP contribution in [0.3, 0.4) is 0 Å². The number of hydrogen-bond acceptors (Lipinski definition) is 3. The molecule has 1 aliphatic heterocycles. The molecule has 1 aliphatic rings. The van der Waals surface area contributed by atoms with Crippen molar-refractivity contribution in [2.24, 2.45) is 0 Å². The van der Waals surface area contributed by atoms with Crippen molar-refractivity contribution < 1.29 is 0 Å². The van der Waals surface area contributed by atoms with Gasteiger partial charge in [0.1, 0.15) is 0 Å². The Hall–Kier alpha value is -1.42. The topological polar surface area (TPSA) is 28.2 Å². The molecule has 3 nitrogen and oxygen atoms in total. The fourth-order valence-electron chi connectivity index (χ4n) is 2.84. The molecule has 1 aromatic carbocycles. The molecule has 1 fully saturated rings. The fraction of sp³-hybridized carbons (Fsp3) is 0.353. The number of hydrogen-bond donors (Lipinski definition) is 1. The summed E-state index contributed by atoms with van der Waals surface area (Å²) in [6.45, 7) is 4.32. The summed E-state index contributed by atoms with van der Waals surface area (Å²) in [6.07, 6.45) is 4.87. The lowest BCUT2D eigenvalue weighted by atomic mass is 10.0. The number of benzene rings is 1. The summed E-state index contributed by atoms with van der Waals surface area (Å²) in [6, 6.07) is 15.5. The Morgan fingerprint density at radius 3 is 2.76 bits per heavy atom. The molecule has 0 amide bonds.